The van der Waals surface area contributed by atoms with Gasteiger partial charge in [-0.05, 0) is 18.8 Å². The highest BCUT2D eigenvalue weighted by Gasteiger charge is 2.09. The fourth-order valence-corrected chi connectivity index (χ4v) is 0.847. The van der Waals surface area contributed by atoms with Crippen LogP contribution in [0.25, 0.3) is 0 Å². The topological polar surface area (TPSA) is 0 Å². The van der Waals surface area contributed by atoms with Crippen LogP contribution in [0.2, 0.25) is 0 Å². The Morgan fingerprint density at radius 1 is 1.09 bits per heavy atom. The highest BCUT2D eigenvalue weighted by Crippen LogP contribution is 2.23. The van der Waals surface area contributed by atoms with Crippen LogP contribution in [0.3, 0.4) is 0 Å². The minimum absolute atomic E-state index is 0.273. The van der Waals surface area contributed by atoms with Gasteiger partial charge in [-0.15, -0.1) is 0 Å². The van der Waals surface area contributed by atoms with E-state index in [1.807, 2.05) is 13.0 Å². The van der Waals surface area contributed by atoms with Crippen molar-refractivity contribution in [1.82, 2.24) is 0 Å². The van der Waals surface area contributed by atoms with Crippen LogP contribution in [-0.4, -0.2) is 4.08 Å². The van der Waals surface area contributed by atoms with Crippen molar-refractivity contribution in [2.75, 3.05) is 0 Å². The minimum Gasteiger partial charge on any atom is -0.158 e. The molecule has 0 bridgehead atoms. The van der Waals surface area contributed by atoms with Crippen LogP contribution in [0.5, 0.6) is 0 Å². The molecular weight excluding hydrogens is 172 g/mol. The van der Waals surface area contributed by atoms with E-state index in [-0.39, 0.29) is 4.08 Å². The van der Waals surface area contributed by atoms with Gasteiger partial charge in [-0.2, -0.15) is 25.3 Å². The molecule has 0 amide bonds. The zero-order chi connectivity index (χ0) is 9.12. The van der Waals surface area contributed by atoms with Crippen molar-refractivity contribution in [3.8, 4) is 0 Å². The Labute approximate surface area is 81.3 Å². The predicted octanol–water partition coefficient (Wildman–Crippen LogP) is 3.55. The molecular formula is C9H18S2. The molecule has 11 heavy (non-hydrogen) atoms. The Morgan fingerprint density at radius 3 is 1.82 bits per heavy atom. The molecule has 0 aliphatic rings. The van der Waals surface area contributed by atoms with E-state index in [2.05, 4.69) is 52.1 Å². The maximum Gasteiger partial charge on any atom is 0.0704 e. The lowest BCUT2D eigenvalue weighted by atomic mass is 9.92. The summed E-state index contributed by atoms with van der Waals surface area (Å²) in [5.41, 5.74) is 0.364. The number of hydrogen-bond acceptors (Lipinski definition) is 2. The Bertz CT molecular complexity index is 135. The van der Waals surface area contributed by atoms with Crippen molar-refractivity contribution >= 4 is 25.3 Å². The molecule has 0 aromatic rings. The van der Waals surface area contributed by atoms with E-state index in [1.165, 1.54) is 0 Å². The average molecular weight is 190 g/mol. The summed E-state index contributed by atoms with van der Waals surface area (Å²) in [6.07, 6.45) is 5.23. The van der Waals surface area contributed by atoms with Crippen molar-refractivity contribution < 1.29 is 0 Å². The molecule has 0 unspecified atom stereocenters. The summed E-state index contributed by atoms with van der Waals surface area (Å²) in [5, 5.41) is 0. The average Bonchev–Trinajstić information content (AvgIpc) is 1.55. The van der Waals surface area contributed by atoms with E-state index in [0.29, 0.717) is 5.41 Å². The van der Waals surface area contributed by atoms with Gasteiger partial charge in [0.1, 0.15) is 0 Å². The molecule has 2 heteroatoms. The highest BCUT2D eigenvalue weighted by atomic mass is 32.2. The molecule has 0 fully saturated rings. The van der Waals surface area contributed by atoms with E-state index in [9.17, 15) is 0 Å². The van der Waals surface area contributed by atoms with Crippen LogP contribution in [0.1, 0.15) is 34.1 Å². The third kappa shape index (κ3) is 10.4. The second-order valence-electron chi connectivity index (χ2n) is 4.26. The Hall–Kier alpha value is 0.440. The molecule has 0 saturated heterocycles. The molecule has 0 aromatic heterocycles. The second-order valence-corrected chi connectivity index (χ2v) is 6.47. The van der Waals surface area contributed by atoms with Gasteiger partial charge in [0.25, 0.3) is 0 Å². The first-order chi connectivity index (χ1) is 4.71. The van der Waals surface area contributed by atoms with E-state index in [0.717, 1.165) is 6.42 Å². The van der Waals surface area contributed by atoms with Crippen LogP contribution in [-0.2, 0) is 0 Å². The maximum atomic E-state index is 4.26. The van der Waals surface area contributed by atoms with Crippen molar-refractivity contribution in [3.05, 3.63) is 12.2 Å². The lowest BCUT2D eigenvalue weighted by molar-refractivity contribution is 0.420. The van der Waals surface area contributed by atoms with Gasteiger partial charge in [0.2, 0.25) is 0 Å². The lowest BCUT2D eigenvalue weighted by Gasteiger charge is -2.16. The summed E-state index contributed by atoms with van der Waals surface area (Å²) in [5.74, 6) is 0. The van der Waals surface area contributed by atoms with E-state index in [4.69, 9.17) is 0 Å². The molecule has 0 radical (unpaired) electrons. The quantitative estimate of drug-likeness (QED) is 0.371. The van der Waals surface area contributed by atoms with Gasteiger partial charge in [0.05, 0.1) is 4.08 Å². The van der Waals surface area contributed by atoms with E-state index in [1.54, 1.807) is 0 Å². The maximum absolute atomic E-state index is 4.26. The van der Waals surface area contributed by atoms with Crippen molar-refractivity contribution in [2.45, 2.75) is 38.2 Å². The molecule has 0 N–H and O–H groups in total. The van der Waals surface area contributed by atoms with Gasteiger partial charge >= 0.3 is 0 Å². The summed E-state index contributed by atoms with van der Waals surface area (Å²) < 4.78 is -0.273. The summed E-state index contributed by atoms with van der Waals surface area (Å²) in [6.45, 7) is 8.60. The number of allylic oxidation sites excluding steroid dienone is 1. The Balaban J connectivity index is 3.80. The van der Waals surface area contributed by atoms with Crippen LogP contribution in [0, 0.1) is 5.41 Å². The van der Waals surface area contributed by atoms with Gasteiger partial charge < -0.3 is 0 Å². The molecule has 0 aromatic carbocycles. The third-order valence-corrected chi connectivity index (χ3v) is 1.46. The fraction of sp³-hybridized carbons (Fsp3) is 0.778. The van der Waals surface area contributed by atoms with Gasteiger partial charge in [0.15, 0.2) is 0 Å². The fourth-order valence-electron chi connectivity index (χ4n) is 0.636. The molecule has 0 aliphatic heterocycles. The smallest absolute Gasteiger partial charge is 0.0704 e. The van der Waals surface area contributed by atoms with Crippen LogP contribution in [0.15, 0.2) is 12.2 Å². The molecule has 66 valence electrons. The largest absolute Gasteiger partial charge is 0.158 e. The van der Waals surface area contributed by atoms with Crippen LogP contribution in [0.4, 0.5) is 0 Å². The Morgan fingerprint density at radius 2 is 1.55 bits per heavy atom. The molecule has 0 heterocycles. The molecule has 0 spiro atoms. The molecule has 0 rings (SSSR count). The highest BCUT2D eigenvalue weighted by molar-refractivity contribution is 8.00. The summed E-state index contributed by atoms with van der Waals surface area (Å²) >= 11 is 8.52. The first-order valence-corrected chi connectivity index (χ1v) is 4.73. The van der Waals surface area contributed by atoms with E-state index >= 15 is 0 Å². The van der Waals surface area contributed by atoms with E-state index < -0.39 is 0 Å². The van der Waals surface area contributed by atoms with Crippen LogP contribution < -0.4 is 0 Å². The van der Waals surface area contributed by atoms with Gasteiger partial charge in [-0.25, -0.2) is 0 Å². The lowest BCUT2D eigenvalue weighted by Crippen LogP contribution is -2.04. The van der Waals surface area contributed by atoms with Gasteiger partial charge in [-0.1, -0.05) is 32.9 Å². The zero-order valence-electron chi connectivity index (χ0n) is 7.76. The molecule has 0 nitrogen and oxygen atoms in total. The minimum atomic E-state index is -0.273. The first-order valence-electron chi connectivity index (χ1n) is 3.83. The Kier molecular flexibility index (Phi) is 4.06. The van der Waals surface area contributed by atoms with Crippen molar-refractivity contribution in [3.63, 3.8) is 0 Å². The monoisotopic (exact) mass is 190 g/mol. The predicted molar refractivity (Wildman–Crippen MR) is 59.6 cm³/mol. The van der Waals surface area contributed by atoms with Gasteiger partial charge in [-0.3, -0.25) is 0 Å². The molecule has 0 aliphatic carbocycles. The standard InChI is InChI=1S/C9H18S2/c1-8(2,3)6-5-7-9(4,10)11/h5,7,10-11H,6H2,1-4H3/b7-5+. The third-order valence-electron chi connectivity index (χ3n) is 1.16. The summed E-state index contributed by atoms with van der Waals surface area (Å²) in [7, 11) is 0. The SMILES string of the molecule is CC(S)(S)/C=C/CC(C)(C)C. The zero-order valence-corrected chi connectivity index (χ0v) is 9.55. The van der Waals surface area contributed by atoms with Crippen LogP contribution >= 0.6 is 25.3 Å². The summed E-state index contributed by atoms with van der Waals surface area (Å²) in [4.78, 5) is 0. The number of thiol groups is 2. The van der Waals surface area contributed by atoms with Crippen molar-refractivity contribution in [2.24, 2.45) is 5.41 Å². The second kappa shape index (κ2) is 3.90. The number of hydrogen-bond donors (Lipinski definition) is 2. The van der Waals surface area contributed by atoms with Crippen molar-refractivity contribution in [1.29, 1.82) is 0 Å². The molecule has 0 atom stereocenters. The first kappa shape index (κ1) is 11.4. The summed E-state index contributed by atoms with van der Waals surface area (Å²) in [6, 6.07) is 0. The van der Waals surface area contributed by atoms with Gasteiger partial charge in [0, 0.05) is 0 Å². The molecule has 0 saturated carbocycles. The normalized spacial score (nSPS) is 14.4. The number of rotatable bonds is 2.